The summed E-state index contributed by atoms with van der Waals surface area (Å²) in [6.45, 7) is 3.87. The summed E-state index contributed by atoms with van der Waals surface area (Å²) in [6.07, 6.45) is 5.00. The van der Waals surface area contributed by atoms with Gasteiger partial charge >= 0.3 is 0 Å². The molecule has 0 spiro atoms. The van der Waals surface area contributed by atoms with Gasteiger partial charge in [0.15, 0.2) is 0 Å². The number of aromatic amines is 1. The Bertz CT molecular complexity index is 820. The van der Waals surface area contributed by atoms with Gasteiger partial charge in [-0.25, -0.2) is 4.39 Å². The minimum Gasteiger partial charge on any atom is -0.366 e. The fraction of sp³-hybridized carbons (Fsp3) is 0.389. The summed E-state index contributed by atoms with van der Waals surface area (Å²) in [4.78, 5) is 14.9. The monoisotopic (exact) mass is 315 g/mol. The minimum absolute atomic E-state index is 0.207. The number of hydrogen-bond donors (Lipinski definition) is 3. The van der Waals surface area contributed by atoms with Crippen molar-refractivity contribution in [3.63, 3.8) is 0 Å². The smallest absolute Gasteiger partial charge is 0.250 e. The summed E-state index contributed by atoms with van der Waals surface area (Å²) in [6, 6.07) is 1.52. The van der Waals surface area contributed by atoms with Crippen LogP contribution in [0, 0.1) is 19.7 Å². The molecule has 0 bridgehead atoms. The number of benzene rings is 1. The normalized spacial score (nSPS) is 18.3. The van der Waals surface area contributed by atoms with E-state index in [1.54, 1.807) is 0 Å². The number of likely N-dealkylation sites (N-methyl/N-ethyl adjacent to an activating group) is 1. The average Bonchev–Trinajstić information content (AvgIpc) is 2.82. The molecule has 4 N–H and O–H groups in total. The molecule has 0 aliphatic heterocycles. The van der Waals surface area contributed by atoms with Crippen LogP contribution in [0.4, 0.5) is 4.39 Å². The van der Waals surface area contributed by atoms with Crippen molar-refractivity contribution in [1.29, 1.82) is 0 Å². The number of halogens is 1. The fourth-order valence-corrected chi connectivity index (χ4v) is 3.49. The van der Waals surface area contributed by atoms with Gasteiger partial charge in [0.25, 0.3) is 5.91 Å². The number of amides is 1. The molecule has 0 saturated heterocycles. The molecular weight excluding hydrogens is 293 g/mol. The van der Waals surface area contributed by atoms with Gasteiger partial charge < -0.3 is 16.0 Å². The van der Waals surface area contributed by atoms with Crippen molar-refractivity contribution in [3.05, 3.63) is 40.3 Å². The molecule has 1 amide bonds. The topological polar surface area (TPSA) is 70.9 Å². The Morgan fingerprint density at radius 1 is 1.43 bits per heavy atom. The molecular formula is C18H22FN3O. The lowest BCUT2D eigenvalue weighted by atomic mass is 9.87. The Balaban J connectivity index is 2.33. The van der Waals surface area contributed by atoms with Crippen LogP contribution in [0.5, 0.6) is 0 Å². The van der Waals surface area contributed by atoms with Gasteiger partial charge in [0.2, 0.25) is 0 Å². The zero-order valence-corrected chi connectivity index (χ0v) is 13.7. The van der Waals surface area contributed by atoms with Crippen LogP contribution in [-0.4, -0.2) is 24.0 Å². The quantitative estimate of drug-likeness (QED) is 0.814. The first kappa shape index (κ1) is 15.7. The molecule has 1 aromatic carbocycles. The van der Waals surface area contributed by atoms with Crippen LogP contribution in [-0.2, 0) is 0 Å². The first-order valence-corrected chi connectivity index (χ1v) is 7.93. The maximum atomic E-state index is 14.9. The first-order valence-electron chi connectivity index (χ1n) is 7.93. The van der Waals surface area contributed by atoms with E-state index in [0.29, 0.717) is 11.1 Å². The predicted octanol–water partition coefficient (Wildman–Crippen LogP) is 3.18. The lowest BCUT2D eigenvalue weighted by Crippen LogP contribution is -2.25. The van der Waals surface area contributed by atoms with E-state index in [2.05, 4.69) is 16.4 Å². The molecule has 1 atom stereocenters. The third kappa shape index (κ3) is 2.55. The van der Waals surface area contributed by atoms with Crippen LogP contribution < -0.4 is 11.1 Å². The Hall–Kier alpha value is -2.14. The molecule has 1 unspecified atom stereocenters. The highest BCUT2D eigenvalue weighted by Crippen LogP contribution is 2.37. The number of primary amides is 1. The van der Waals surface area contributed by atoms with E-state index in [0.717, 1.165) is 41.5 Å². The number of rotatable bonds is 3. The van der Waals surface area contributed by atoms with Crippen LogP contribution >= 0.6 is 0 Å². The third-order valence-electron chi connectivity index (χ3n) is 4.85. The number of carbonyl (C=O) groups is 1. The number of fused-ring (bicyclic) bond motifs is 1. The van der Waals surface area contributed by atoms with Crippen molar-refractivity contribution in [3.8, 4) is 0 Å². The molecule has 0 radical (unpaired) electrons. The predicted molar refractivity (Wildman–Crippen MR) is 90.9 cm³/mol. The summed E-state index contributed by atoms with van der Waals surface area (Å²) in [7, 11) is 1.91. The second kappa shape index (κ2) is 5.81. The van der Waals surface area contributed by atoms with Crippen LogP contribution in [0.15, 0.2) is 12.1 Å². The molecule has 1 heterocycles. The van der Waals surface area contributed by atoms with Crippen LogP contribution in [0.25, 0.3) is 16.5 Å². The molecule has 3 rings (SSSR count). The molecule has 122 valence electrons. The number of carbonyl (C=O) groups excluding carboxylic acids is 1. The van der Waals surface area contributed by atoms with Crippen molar-refractivity contribution in [1.82, 2.24) is 10.3 Å². The van der Waals surface area contributed by atoms with E-state index < -0.39 is 5.91 Å². The molecule has 1 aliphatic rings. The highest BCUT2D eigenvalue weighted by molar-refractivity contribution is 6.09. The molecule has 0 fully saturated rings. The number of nitrogens with two attached hydrogens (primary N) is 1. The maximum absolute atomic E-state index is 14.9. The highest BCUT2D eigenvalue weighted by atomic mass is 19.1. The standard InChI is InChI=1S/C18H22FN3O/c1-9-10(2)22-17-13(18(20)23)8-14(19)16(15(9)17)11-5-4-6-12(7-11)21-3/h7-8,12,21-22H,4-6H2,1-3H3,(H2,20,23). The Kier molecular flexibility index (Phi) is 3.98. The molecule has 2 aromatic rings. The van der Waals surface area contributed by atoms with Gasteiger partial charge in [-0.05, 0) is 57.4 Å². The number of aromatic nitrogens is 1. The van der Waals surface area contributed by atoms with E-state index in [4.69, 9.17) is 5.73 Å². The van der Waals surface area contributed by atoms with Gasteiger partial charge in [-0.3, -0.25) is 4.79 Å². The lowest BCUT2D eigenvalue weighted by Gasteiger charge is -2.22. The van der Waals surface area contributed by atoms with Crippen LogP contribution in [0.2, 0.25) is 0 Å². The van der Waals surface area contributed by atoms with E-state index in [1.807, 2.05) is 20.9 Å². The van der Waals surface area contributed by atoms with Crippen molar-refractivity contribution in [2.24, 2.45) is 5.73 Å². The molecule has 0 saturated carbocycles. The molecule has 1 aliphatic carbocycles. The molecule has 5 heteroatoms. The second-order valence-corrected chi connectivity index (χ2v) is 6.25. The van der Waals surface area contributed by atoms with E-state index in [-0.39, 0.29) is 17.4 Å². The van der Waals surface area contributed by atoms with Crippen molar-refractivity contribution in [2.75, 3.05) is 7.05 Å². The van der Waals surface area contributed by atoms with Gasteiger partial charge in [0.1, 0.15) is 5.82 Å². The van der Waals surface area contributed by atoms with Gasteiger partial charge in [-0.2, -0.15) is 0 Å². The Morgan fingerprint density at radius 3 is 2.83 bits per heavy atom. The zero-order valence-electron chi connectivity index (χ0n) is 13.7. The van der Waals surface area contributed by atoms with E-state index >= 15 is 0 Å². The average molecular weight is 315 g/mol. The summed E-state index contributed by atoms with van der Waals surface area (Å²) < 4.78 is 14.9. The van der Waals surface area contributed by atoms with Gasteiger partial charge in [-0.15, -0.1) is 0 Å². The summed E-state index contributed by atoms with van der Waals surface area (Å²) in [5, 5.41) is 4.02. The van der Waals surface area contributed by atoms with Crippen molar-refractivity contribution in [2.45, 2.75) is 39.2 Å². The molecule has 1 aromatic heterocycles. The summed E-state index contributed by atoms with van der Waals surface area (Å²) in [5.74, 6) is -0.996. The number of nitrogens with one attached hydrogen (secondary N) is 2. The Labute approximate surface area is 134 Å². The van der Waals surface area contributed by atoms with Crippen LogP contribution in [0.1, 0.15) is 46.4 Å². The van der Waals surface area contributed by atoms with Crippen LogP contribution in [0.3, 0.4) is 0 Å². The maximum Gasteiger partial charge on any atom is 0.250 e. The Morgan fingerprint density at radius 2 is 2.17 bits per heavy atom. The van der Waals surface area contributed by atoms with Gasteiger partial charge in [-0.1, -0.05) is 6.08 Å². The number of allylic oxidation sites excluding steroid dienone is 1. The lowest BCUT2D eigenvalue weighted by molar-refractivity contribution is 0.100. The zero-order chi connectivity index (χ0) is 16.7. The number of hydrogen-bond acceptors (Lipinski definition) is 2. The first-order chi connectivity index (χ1) is 10.9. The number of aryl methyl sites for hydroxylation is 2. The second-order valence-electron chi connectivity index (χ2n) is 6.25. The fourth-order valence-electron chi connectivity index (χ4n) is 3.49. The van der Waals surface area contributed by atoms with Gasteiger partial charge in [0, 0.05) is 22.7 Å². The third-order valence-corrected chi connectivity index (χ3v) is 4.85. The van der Waals surface area contributed by atoms with Crippen molar-refractivity contribution >= 4 is 22.4 Å². The van der Waals surface area contributed by atoms with E-state index in [1.165, 1.54) is 6.07 Å². The van der Waals surface area contributed by atoms with Gasteiger partial charge in [0.05, 0.1) is 11.1 Å². The largest absolute Gasteiger partial charge is 0.366 e. The highest BCUT2D eigenvalue weighted by Gasteiger charge is 2.24. The summed E-state index contributed by atoms with van der Waals surface area (Å²) >= 11 is 0. The van der Waals surface area contributed by atoms with E-state index in [9.17, 15) is 9.18 Å². The molecule has 23 heavy (non-hydrogen) atoms. The summed E-state index contributed by atoms with van der Waals surface area (Å²) in [5.41, 5.74) is 9.76. The molecule has 4 nitrogen and oxygen atoms in total. The minimum atomic E-state index is -0.618. The SMILES string of the molecule is CNC1C=C(c2c(F)cc(C(N)=O)c3[nH]c(C)c(C)c23)CCC1. The van der Waals surface area contributed by atoms with Crippen molar-refractivity contribution < 1.29 is 9.18 Å². The number of H-pyrrole nitrogens is 1.